The van der Waals surface area contributed by atoms with E-state index in [-0.39, 0.29) is 19.0 Å². The number of aromatic nitrogens is 1. The van der Waals surface area contributed by atoms with E-state index >= 15 is 0 Å². The average molecular weight is 234 g/mol. The van der Waals surface area contributed by atoms with Gasteiger partial charge < -0.3 is 15.1 Å². The first-order valence-corrected chi connectivity index (χ1v) is 5.40. The maximum Gasteiger partial charge on any atom is 0.246 e. The number of hydrogen-bond donors (Lipinski definition) is 2. The summed E-state index contributed by atoms with van der Waals surface area (Å²) in [7, 11) is 0. The monoisotopic (exact) mass is 234 g/mol. The summed E-state index contributed by atoms with van der Waals surface area (Å²) < 4.78 is 0. The molecular formula is C12H14N2O3. The molecule has 90 valence electrons. The van der Waals surface area contributed by atoms with Crippen molar-refractivity contribution in [2.75, 3.05) is 13.1 Å². The zero-order valence-electron chi connectivity index (χ0n) is 9.23. The minimum atomic E-state index is -0.842. The van der Waals surface area contributed by atoms with Crippen LogP contribution in [0, 0.1) is 0 Å². The van der Waals surface area contributed by atoms with E-state index in [4.69, 9.17) is 0 Å². The molecule has 0 bridgehead atoms. The van der Waals surface area contributed by atoms with Crippen molar-refractivity contribution >= 4 is 12.0 Å². The third-order valence-corrected chi connectivity index (χ3v) is 2.67. The number of pyridine rings is 1. The molecule has 2 unspecified atom stereocenters. The molecule has 1 fully saturated rings. The van der Waals surface area contributed by atoms with Gasteiger partial charge in [-0.2, -0.15) is 0 Å². The van der Waals surface area contributed by atoms with Crippen LogP contribution in [0.3, 0.4) is 0 Å². The maximum atomic E-state index is 11.7. The Hall–Kier alpha value is -1.72. The number of rotatable bonds is 2. The number of hydrogen-bond acceptors (Lipinski definition) is 4. The standard InChI is InChI=1S/C12H14N2O3/c15-10-7-14(8-11(10)16)12(17)4-3-9-2-1-5-13-6-9/h1-6,10-11,15-16H,7-8H2/b4-3+. The summed E-state index contributed by atoms with van der Waals surface area (Å²) >= 11 is 0. The molecule has 2 rings (SSSR count). The van der Waals surface area contributed by atoms with E-state index < -0.39 is 12.2 Å². The van der Waals surface area contributed by atoms with Gasteiger partial charge in [0.25, 0.3) is 0 Å². The fourth-order valence-electron chi connectivity index (χ4n) is 1.70. The van der Waals surface area contributed by atoms with Gasteiger partial charge in [0.05, 0.1) is 12.2 Å². The molecule has 1 amide bonds. The summed E-state index contributed by atoms with van der Waals surface area (Å²) in [5.41, 5.74) is 0.834. The molecule has 0 aromatic carbocycles. The fourth-order valence-corrected chi connectivity index (χ4v) is 1.70. The predicted molar refractivity (Wildman–Crippen MR) is 61.9 cm³/mol. The molecule has 5 nitrogen and oxygen atoms in total. The Morgan fingerprint density at radius 2 is 2.12 bits per heavy atom. The summed E-state index contributed by atoms with van der Waals surface area (Å²) in [4.78, 5) is 17.1. The van der Waals surface area contributed by atoms with E-state index in [2.05, 4.69) is 4.98 Å². The molecule has 17 heavy (non-hydrogen) atoms. The lowest BCUT2D eigenvalue weighted by molar-refractivity contribution is -0.125. The van der Waals surface area contributed by atoms with E-state index in [1.807, 2.05) is 6.07 Å². The van der Waals surface area contributed by atoms with E-state index in [0.29, 0.717) is 0 Å². The summed E-state index contributed by atoms with van der Waals surface area (Å²) in [6.07, 6.45) is 4.70. The van der Waals surface area contributed by atoms with Crippen LogP contribution < -0.4 is 0 Å². The highest BCUT2D eigenvalue weighted by Gasteiger charge is 2.31. The third-order valence-electron chi connectivity index (χ3n) is 2.67. The van der Waals surface area contributed by atoms with Crippen LogP contribution in [0.4, 0.5) is 0 Å². The van der Waals surface area contributed by atoms with Crippen LogP contribution in [-0.2, 0) is 4.79 Å². The molecule has 2 atom stereocenters. The lowest BCUT2D eigenvalue weighted by atomic mass is 10.2. The van der Waals surface area contributed by atoms with Crippen molar-refractivity contribution in [3.63, 3.8) is 0 Å². The number of likely N-dealkylation sites (tertiary alicyclic amines) is 1. The zero-order valence-corrected chi connectivity index (χ0v) is 9.23. The van der Waals surface area contributed by atoms with Crippen LogP contribution in [0.2, 0.25) is 0 Å². The number of carbonyl (C=O) groups excluding carboxylic acids is 1. The van der Waals surface area contributed by atoms with E-state index in [1.54, 1.807) is 24.5 Å². The number of nitrogens with zero attached hydrogens (tertiary/aromatic N) is 2. The van der Waals surface area contributed by atoms with Gasteiger partial charge in [-0.25, -0.2) is 0 Å². The Morgan fingerprint density at radius 3 is 2.71 bits per heavy atom. The Bertz CT molecular complexity index is 409. The number of amides is 1. The van der Waals surface area contributed by atoms with Crippen molar-refractivity contribution < 1.29 is 15.0 Å². The molecule has 1 aromatic rings. The Balaban J connectivity index is 1.96. The van der Waals surface area contributed by atoms with E-state index in [0.717, 1.165) is 5.56 Å². The van der Waals surface area contributed by atoms with Crippen molar-refractivity contribution in [1.82, 2.24) is 9.88 Å². The van der Waals surface area contributed by atoms with Crippen LogP contribution in [0.5, 0.6) is 0 Å². The molecule has 1 saturated heterocycles. The summed E-state index contributed by atoms with van der Waals surface area (Å²) in [5.74, 6) is -0.218. The van der Waals surface area contributed by atoms with Gasteiger partial charge in [0, 0.05) is 31.6 Å². The highest BCUT2D eigenvalue weighted by atomic mass is 16.3. The SMILES string of the molecule is O=C(/C=C/c1cccnc1)N1CC(O)C(O)C1. The zero-order chi connectivity index (χ0) is 12.3. The second-order valence-electron chi connectivity index (χ2n) is 4.00. The Morgan fingerprint density at radius 1 is 1.41 bits per heavy atom. The molecule has 0 saturated carbocycles. The van der Waals surface area contributed by atoms with Crippen molar-refractivity contribution in [3.05, 3.63) is 36.2 Å². The number of aliphatic hydroxyl groups is 2. The lowest BCUT2D eigenvalue weighted by Gasteiger charge is -2.11. The average Bonchev–Trinajstić information content (AvgIpc) is 2.68. The molecule has 2 N–H and O–H groups in total. The molecule has 1 aliphatic heterocycles. The quantitative estimate of drug-likeness (QED) is 0.686. The van der Waals surface area contributed by atoms with E-state index in [1.165, 1.54) is 11.0 Å². The second-order valence-corrected chi connectivity index (χ2v) is 4.00. The highest BCUT2D eigenvalue weighted by Crippen LogP contribution is 2.11. The molecule has 5 heteroatoms. The smallest absolute Gasteiger partial charge is 0.246 e. The summed E-state index contributed by atoms with van der Waals surface area (Å²) in [6, 6.07) is 3.62. The van der Waals surface area contributed by atoms with Gasteiger partial charge in [0.15, 0.2) is 0 Å². The number of carbonyl (C=O) groups is 1. The second kappa shape index (κ2) is 5.07. The minimum absolute atomic E-state index is 0.178. The molecule has 1 aromatic heterocycles. The fraction of sp³-hybridized carbons (Fsp3) is 0.333. The van der Waals surface area contributed by atoms with Gasteiger partial charge in [-0.3, -0.25) is 9.78 Å². The van der Waals surface area contributed by atoms with Crippen molar-refractivity contribution in [1.29, 1.82) is 0 Å². The number of β-amino-alcohol motifs (C(OH)–C–C–N with tert-alkyl or cyclic N) is 2. The van der Waals surface area contributed by atoms with Crippen molar-refractivity contribution in [2.24, 2.45) is 0 Å². The molecule has 2 heterocycles. The first-order chi connectivity index (χ1) is 8.16. The Kier molecular flexibility index (Phi) is 3.51. The lowest BCUT2D eigenvalue weighted by Crippen LogP contribution is -2.27. The van der Waals surface area contributed by atoms with Crippen LogP contribution in [0.25, 0.3) is 6.08 Å². The van der Waals surface area contributed by atoms with Gasteiger partial charge >= 0.3 is 0 Å². The number of aliphatic hydroxyl groups excluding tert-OH is 2. The van der Waals surface area contributed by atoms with Gasteiger partial charge in [-0.15, -0.1) is 0 Å². The first-order valence-electron chi connectivity index (χ1n) is 5.40. The Labute approximate surface area is 99.0 Å². The van der Waals surface area contributed by atoms with Crippen LogP contribution >= 0.6 is 0 Å². The first kappa shape index (κ1) is 11.8. The molecule has 1 aliphatic rings. The minimum Gasteiger partial charge on any atom is -0.388 e. The molecule has 0 aliphatic carbocycles. The van der Waals surface area contributed by atoms with Gasteiger partial charge in [-0.1, -0.05) is 6.07 Å². The molecule has 0 radical (unpaired) electrons. The summed E-state index contributed by atoms with van der Waals surface area (Å²) in [6.45, 7) is 0.356. The topological polar surface area (TPSA) is 73.7 Å². The third kappa shape index (κ3) is 2.89. The molecular weight excluding hydrogens is 220 g/mol. The molecule has 0 spiro atoms. The van der Waals surface area contributed by atoms with Crippen molar-refractivity contribution in [3.8, 4) is 0 Å². The van der Waals surface area contributed by atoms with E-state index in [9.17, 15) is 15.0 Å². The highest BCUT2D eigenvalue weighted by molar-refractivity contribution is 5.92. The normalized spacial score (nSPS) is 24.5. The van der Waals surface area contributed by atoms with Crippen LogP contribution in [-0.4, -0.2) is 51.3 Å². The largest absolute Gasteiger partial charge is 0.388 e. The maximum absolute atomic E-state index is 11.7. The van der Waals surface area contributed by atoms with Gasteiger partial charge in [-0.05, 0) is 17.7 Å². The van der Waals surface area contributed by atoms with Crippen molar-refractivity contribution in [2.45, 2.75) is 12.2 Å². The van der Waals surface area contributed by atoms with Crippen LogP contribution in [0.1, 0.15) is 5.56 Å². The predicted octanol–water partition coefficient (Wildman–Crippen LogP) is -0.341. The van der Waals surface area contributed by atoms with Gasteiger partial charge in [0.2, 0.25) is 5.91 Å². The van der Waals surface area contributed by atoms with Gasteiger partial charge in [0.1, 0.15) is 0 Å². The van der Waals surface area contributed by atoms with Crippen LogP contribution in [0.15, 0.2) is 30.6 Å². The summed E-state index contributed by atoms with van der Waals surface area (Å²) in [5, 5.41) is 18.6.